The highest BCUT2D eigenvalue weighted by molar-refractivity contribution is 7.81. The van der Waals surface area contributed by atoms with Gasteiger partial charge < -0.3 is 9.66 Å². The smallest absolute Gasteiger partial charge is 0.412 e. The third kappa shape index (κ3) is 4.46. The highest BCUT2D eigenvalue weighted by Crippen LogP contribution is 2.12. The summed E-state index contributed by atoms with van der Waals surface area (Å²) >= 11 is 0. The molecule has 3 N–H and O–H groups in total. The molecule has 0 saturated carbocycles. The Labute approximate surface area is 76.2 Å². The predicted molar refractivity (Wildman–Crippen MR) is 47.0 cm³/mol. The van der Waals surface area contributed by atoms with E-state index >= 15 is 0 Å². The largest absolute Gasteiger partial charge is 0.446 e. The van der Waals surface area contributed by atoms with Crippen molar-refractivity contribution in [2.24, 2.45) is 0 Å². The van der Waals surface area contributed by atoms with Gasteiger partial charge in [-0.3, -0.25) is 4.55 Å². The van der Waals surface area contributed by atoms with Crippen molar-refractivity contribution in [3.63, 3.8) is 0 Å². The third-order valence-electron chi connectivity index (χ3n) is 1.22. The van der Waals surface area contributed by atoms with Gasteiger partial charge in [-0.05, 0) is 19.1 Å². The Morgan fingerprint density at radius 3 is 2.08 bits per heavy atom. The summed E-state index contributed by atoms with van der Waals surface area (Å²) in [6.45, 7) is 1.86. The second kappa shape index (κ2) is 4.22. The first-order valence-electron chi connectivity index (χ1n) is 3.21. The Kier molecular flexibility index (Phi) is 3.86. The van der Waals surface area contributed by atoms with Gasteiger partial charge in [0.05, 0.1) is 0 Å². The summed E-state index contributed by atoms with van der Waals surface area (Å²) in [6, 6.07) is 6.28. The van der Waals surface area contributed by atoms with Crippen molar-refractivity contribution < 1.29 is 22.6 Å². The normalized spacial score (nSPS) is 10.3. The van der Waals surface area contributed by atoms with Crippen LogP contribution in [0.4, 0.5) is 0 Å². The molecule has 0 aliphatic carbocycles. The summed E-state index contributed by atoms with van der Waals surface area (Å²) in [6.07, 6.45) is 0. The Balaban J connectivity index is 0.00000144. The zero-order valence-corrected chi connectivity index (χ0v) is 7.71. The van der Waals surface area contributed by atoms with Crippen molar-refractivity contribution in [2.75, 3.05) is 0 Å². The molecule has 74 valence electrons. The maximum Gasteiger partial charge on any atom is 0.446 e. The lowest BCUT2D eigenvalue weighted by molar-refractivity contribution is 0.387. The maximum absolute atomic E-state index is 10.2. The molecule has 1 aromatic rings. The van der Waals surface area contributed by atoms with Gasteiger partial charge in [0.1, 0.15) is 5.75 Å². The molecule has 0 radical (unpaired) electrons. The molecule has 0 saturated heterocycles. The van der Waals surface area contributed by atoms with Crippen LogP contribution in [-0.4, -0.2) is 18.4 Å². The van der Waals surface area contributed by atoms with Crippen LogP contribution in [0.1, 0.15) is 5.56 Å². The molecule has 0 aliphatic rings. The Bertz CT molecular complexity index is 353. The van der Waals surface area contributed by atoms with Crippen LogP contribution in [-0.2, 0) is 10.4 Å². The SMILES string of the molecule is Cc1ccc(OS(=O)(=O)O)cc1.O. The van der Waals surface area contributed by atoms with Crippen LogP contribution < -0.4 is 4.18 Å². The second-order valence-corrected chi connectivity index (χ2v) is 3.35. The van der Waals surface area contributed by atoms with Crippen molar-refractivity contribution in [3.8, 4) is 5.75 Å². The average Bonchev–Trinajstić information content (AvgIpc) is 1.91. The van der Waals surface area contributed by atoms with Crippen LogP contribution in [0.25, 0.3) is 0 Å². The molecule has 0 spiro atoms. The second-order valence-electron chi connectivity index (χ2n) is 2.32. The Morgan fingerprint density at radius 2 is 1.69 bits per heavy atom. The first kappa shape index (κ1) is 11.9. The van der Waals surface area contributed by atoms with E-state index in [2.05, 4.69) is 4.18 Å². The molecule has 0 atom stereocenters. The van der Waals surface area contributed by atoms with Crippen LogP contribution >= 0.6 is 0 Å². The van der Waals surface area contributed by atoms with E-state index < -0.39 is 10.4 Å². The zero-order chi connectivity index (χ0) is 9.19. The molecule has 5 nitrogen and oxygen atoms in total. The highest BCUT2D eigenvalue weighted by Gasteiger charge is 2.05. The number of aryl methyl sites for hydroxylation is 1. The van der Waals surface area contributed by atoms with Crippen LogP contribution in [0.3, 0.4) is 0 Å². The van der Waals surface area contributed by atoms with Gasteiger partial charge in [0, 0.05) is 0 Å². The minimum atomic E-state index is -4.39. The summed E-state index contributed by atoms with van der Waals surface area (Å²) in [5.74, 6) is 0.100. The van der Waals surface area contributed by atoms with E-state index in [1.54, 1.807) is 12.1 Å². The molecular formula is C7H10O5S. The molecule has 0 heterocycles. The van der Waals surface area contributed by atoms with Crippen molar-refractivity contribution in [1.29, 1.82) is 0 Å². The van der Waals surface area contributed by atoms with Crippen LogP contribution in [0.15, 0.2) is 24.3 Å². The molecular weight excluding hydrogens is 196 g/mol. The van der Waals surface area contributed by atoms with Crippen LogP contribution in [0.2, 0.25) is 0 Å². The first-order valence-corrected chi connectivity index (χ1v) is 4.57. The lowest BCUT2D eigenvalue weighted by Crippen LogP contribution is -2.06. The van der Waals surface area contributed by atoms with Crippen molar-refractivity contribution in [3.05, 3.63) is 29.8 Å². The van der Waals surface area contributed by atoms with Crippen LogP contribution in [0, 0.1) is 6.92 Å². The quantitative estimate of drug-likeness (QED) is 0.706. The fourth-order valence-corrected chi connectivity index (χ4v) is 1.07. The minimum Gasteiger partial charge on any atom is -0.412 e. The molecule has 1 rings (SSSR count). The van der Waals surface area contributed by atoms with E-state index in [1.165, 1.54) is 12.1 Å². The predicted octanol–water partition coefficient (Wildman–Crippen LogP) is 0.352. The summed E-state index contributed by atoms with van der Waals surface area (Å²) in [5, 5.41) is 0. The number of hydrogen-bond donors (Lipinski definition) is 1. The Hall–Kier alpha value is -1.11. The van der Waals surface area contributed by atoms with E-state index in [0.29, 0.717) is 0 Å². The van der Waals surface area contributed by atoms with E-state index in [0.717, 1.165) is 5.56 Å². The van der Waals surface area contributed by atoms with E-state index in [-0.39, 0.29) is 11.2 Å². The lowest BCUT2D eigenvalue weighted by atomic mass is 10.2. The van der Waals surface area contributed by atoms with Gasteiger partial charge in [0.25, 0.3) is 0 Å². The topological polar surface area (TPSA) is 95.1 Å². The number of benzene rings is 1. The minimum absolute atomic E-state index is 0. The fourth-order valence-electron chi connectivity index (χ4n) is 0.715. The van der Waals surface area contributed by atoms with Gasteiger partial charge >= 0.3 is 10.4 Å². The number of rotatable bonds is 2. The number of hydrogen-bond acceptors (Lipinski definition) is 3. The van der Waals surface area contributed by atoms with Gasteiger partial charge in [-0.15, -0.1) is 0 Å². The summed E-state index contributed by atoms with van der Waals surface area (Å²) in [7, 11) is -4.39. The highest BCUT2D eigenvalue weighted by atomic mass is 32.3. The molecule has 0 unspecified atom stereocenters. The molecule has 6 heteroatoms. The lowest BCUT2D eigenvalue weighted by Gasteiger charge is -2.00. The fraction of sp³-hybridized carbons (Fsp3) is 0.143. The average molecular weight is 206 g/mol. The molecule has 0 fully saturated rings. The van der Waals surface area contributed by atoms with Crippen molar-refractivity contribution >= 4 is 10.4 Å². The molecule has 0 aliphatic heterocycles. The molecule has 13 heavy (non-hydrogen) atoms. The summed E-state index contributed by atoms with van der Waals surface area (Å²) in [5.41, 5.74) is 0.984. The standard InChI is InChI=1S/C7H8O4S.H2O/c1-6-2-4-7(5-3-6)11-12(8,9)10;/h2-5H,1H3,(H,8,9,10);1H2. The van der Waals surface area contributed by atoms with Gasteiger partial charge in [0.2, 0.25) is 0 Å². The van der Waals surface area contributed by atoms with Gasteiger partial charge in [0.15, 0.2) is 0 Å². The van der Waals surface area contributed by atoms with E-state index in [1.807, 2.05) is 6.92 Å². The van der Waals surface area contributed by atoms with Gasteiger partial charge in [-0.25, -0.2) is 0 Å². The van der Waals surface area contributed by atoms with Crippen molar-refractivity contribution in [1.82, 2.24) is 0 Å². The maximum atomic E-state index is 10.2. The third-order valence-corrected chi connectivity index (χ3v) is 1.63. The first-order chi connectivity index (χ1) is 5.47. The van der Waals surface area contributed by atoms with Crippen LogP contribution in [0.5, 0.6) is 5.75 Å². The molecule has 0 amide bonds. The van der Waals surface area contributed by atoms with E-state index in [4.69, 9.17) is 4.55 Å². The molecule has 0 aromatic heterocycles. The molecule has 0 bridgehead atoms. The van der Waals surface area contributed by atoms with E-state index in [9.17, 15) is 8.42 Å². The van der Waals surface area contributed by atoms with Gasteiger partial charge in [-0.2, -0.15) is 8.42 Å². The van der Waals surface area contributed by atoms with Crippen molar-refractivity contribution in [2.45, 2.75) is 6.92 Å². The summed E-state index contributed by atoms with van der Waals surface area (Å²) in [4.78, 5) is 0. The monoisotopic (exact) mass is 206 g/mol. The van der Waals surface area contributed by atoms with Gasteiger partial charge in [-0.1, -0.05) is 17.7 Å². The zero-order valence-electron chi connectivity index (χ0n) is 6.89. The summed E-state index contributed by atoms with van der Waals surface area (Å²) < 4.78 is 32.9. The molecule has 1 aromatic carbocycles. The Morgan fingerprint density at radius 1 is 1.23 bits per heavy atom.